The highest BCUT2D eigenvalue weighted by molar-refractivity contribution is 5.70. The zero-order valence-electron chi connectivity index (χ0n) is 16.2. The normalized spacial score (nSPS) is 10.6. The van der Waals surface area contributed by atoms with Crippen molar-refractivity contribution in [1.29, 1.82) is 0 Å². The summed E-state index contributed by atoms with van der Waals surface area (Å²) in [5, 5.41) is 19.5. The smallest absolute Gasteiger partial charge is 0.338 e. The van der Waals surface area contributed by atoms with E-state index in [1.807, 2.05) is 0 Å². The highest BCUT2D eigenvalue weighted by atomic mass is 16.5. The van der Waals surface area contributed by atoms with Crippen molar-refractivity contribution in [2.24, 2.45) is 11.5 Å². The largest absolute Gasteiger partial charge is 0.490 e. The van der Waals surface area contributed by atoms with Gasteiger partial charge in [-0.05, 0) is 47.5 Å². The lowest BCUT2D eigenvalue weighted by Crippen LogP contribution is -2.31. The fraction of sp³-hybridized carbons (Fsp3) is 0.200. The van der Waals surface area contributed by atoms with Crippen LogP contribution in [0.1, 0.15) is 11.1 Å². The van der Waals surface area contributed by atoms with E-state index in [4.69, 9.17) is 20.9 Å². The number of benzene rings is 2. The van der Waals surface area contributed by atoms with Gasteiger partial charge >= 0.3 is 12.1 Å². The van der Waals surface area contributed by atoms with E-state index in [0.717, 1.165) is 0 Å². The maximum atomic E-state index is 10.8. The van der Waals surface area contributed by atoms with Crippen molar-refractivity contribution in [3.05, 3.63) is 71.8 Å². The van der Waals surface area contributed by atoms with Gasteiger partial charge in [-0.2, -0.15) is 0 Å². The molecule has 2 aromatic carbocycles. The van der Waals surface area contributed by atoms with E-state index >= 15 is 0 Å². The van der Waals surface area contributed by atoms with Crippen LogP contribution in [-0.4, -0.2) is 45.8 Å². The molecule has 4 amide bonds. The van der Waals surface area contributed by atoms with Gasteiger partial charge in [-0.25, -0.2) is 19.7 Å². The molecule has 0 saturated carbocycles. The van der Waals surface area contributed by atoms with E-state index in [0.29, 0.717) is 46.0 Å². The maximum Gasteiger partial charge on any atom is 0.338 e. The Hall–Kier alpha value is -3.76. The molecule has 30 heavy (non-hydrogen) atoms. The first-order valence-electron chi connectivity index (χ1n) is 8.95. The van der Waals surface area contributed by atoms with Crippen molar-refractivity contribution in [1.82, 2.24) is 10.1 Å². The van der Waals surface area contributed by atoms with Gasteiger partial charge in [-0.15, -0.1) is 0 Å². The van der Waals surface area contributed by atoms with Gasteiger partial charge < -0.3 is 20.9 Å². The van der Waals surface area contributed by atoms with E-state index in [2.05, 4.69) is 0 Å². The molecule has 6 N–H and O–H groups in total. The Morgan fingerprint density at radius 3 is 1.37 bits per heavy atom. The van der Waals surface area contributed by atoms with Gasteiger partial charge in [-0.3, -0.25) is 10.4 Å². The van der Waals surface area contributed by atoms with Gasteiger partial charge in [0.1, 0.15) is 24.7 Å². The zero-order valence-corrected chi connectivity index (χ0v) is 16.2. The lowest BCUT2D eigenvalue weighted by atomic mass is 10.2. The Bertz CT molecular complexity index is 783. The van der Waals surface area contributed by atoms with Crippen LogP contribution in [0.15, 0.2) is 60.7 Å². The fourth-order valence-electron chi connectivity index (χ4n) is 2.31. The Kier molecular flexibility index (Phi) is 8.48. The number of nitrogens with zero attached hydrogens (tertiary/aromatic N) is 2. The monoisotopic (exact) mass is 416 g/mol. The van der Waals surface area contributed by atoms with Crippen LogP contribution in [0.25, 0.3) is 0 Å². The van der Waals surface area contributed by atoms with Crippen molar-refractivity contribution >= 4 is 12.1 Å². The number of hydroxylamine groups is 4. The number of carbonyl (C=O) groups excluding carboxylic acids is 2. The molecule has 0 spiro atoms. The molecule has 0 bridgehead atoms. The summed E-state index contributed by atoms with van der Waals surface area (Å²) < 4.78 is 11.1. The molecule has 0 heterocycles. The predicted molar refractivity (Wildman–Crippen MR) is 107 cm³/mol. The summed E-state index contributed by atoms with van der Waals surface area (Å²) >= 11 is 0. The van der Waals surface area contributed by atoms with Gasteiger partial charge in [0.2, 0.25) is 0 Å². The first kappa shape index (κ1) is 22.5. The zero-order chi connectivity index (χ0) is 21.9. The van der Waals surface area contributed by atoms with Crippen molar-refractivity contribution in [2.45, 2.75) is 13.1 Å². The second kappa shape index (κ2) is 11.3. The van der Waals surface area contributed by atoms with E-state index in [1.54, 1.807) is 60.7 Å². The van der Waals surface area contributed by atoms with Gasteiger partial charge in [-0.1, -0.05) is 24.3 Å². The Morgan fingerprint density at radius 1 is 0.733 bits per heavy atom. The number of rotatable bonds is 10. The van der Waals surface area contributed by atoms with Crippen molar-refractivity contribution in [3.8, 4) is 11.5 Å². The summed E-state index contributed by atoms with van der Waals surface area (Å²) in [7, 11) is 0. The second-order valence-corrected chi connectivity index (χ2v) is 6.17. The third-order valence-corrected chi connectivity index (χ3v) is 3.88. The number of hydrogen-bond donors (Lipinski definition) is 4. The number of primary amides is 2. The van der Waals surface area contributed by atoms with Crippen LogP contribution in [-0.2, 0) is 13.1 Å². The summed E-state index contributed by atoms with van der Waals surface area (Å²) in [6.45, 7) is 0.678. The third-order valence-electron chi connectivity index (χ3n) is 3.88. The van der Waals surface area contributed by atoms with E-state index in [9.17, 15) is 20.0 Å². The molecule has 0 aliphatic carbocycles. The summed E-state index contributed by atoms with van der Waals surface area (Å²) in [6, 6.07) is 11.9. The highest BCUT2D eigenvalue weighted by Crippen LogP contribution is 2.14. The minimum absolute atomic E-state index is 0.00274. The van der Waals surface area contributed by atoms with Gasteiger partial charge in [0.05, 0.1) is 13.1 Å². The molecule has 0 unspecified atom stereocenters. The van der Waals surface area contributed by atoms with Crippen LogP contribution in [0.4, 0.5) is 9.59 Å². The lowest BCUT2D eigenvalue weighted by Gasteiger charge is -2.12. The van der Waals surface area contributed by atoms with Crippen molar-refractivity contribution in [3.63, 3.8) is 0 Å². The Balaban J connectivity index is 1.68. The lowest BCUT2D eigenvalue weighted by molar-refractivity contribution is -0.0470. The van der Waals surface area contributed by atoms with Crippen LogP contribution in [0.3, 0.4) is 0 Å². The molecule has 0 saturated heterocycles. The van der Waals surface area contributed by atoms with Gasteiger partial charge in [0, 0.05) is 0 Å². The molecular formula is C20H24N4O6. The van der Waals surface area contributed by atoms with Crippen LogP contribution >= 0.6 is 0 Å². The van der Waals surface area contributed by atoms with E-state index in [-0.39, 0.29) is 13.1 Å². The number of hydrogen-bond acceptors (Lipinski definition) is 6. The molecule has 0 aliphatic rings. The molecular weight excluding hydrogens is 392 g/mol. The SMILES string of the molecule is NC(=O)N(O)Cc1ccc(OC/C=C\COc2ccc(CN(O)C(N)=O)cc2)cc1. The topological polar surface area (TPSA) is 152 Å². The molecule has 10 heteroatoms. The van der Waals surface area contributed by atoms with Gasteiger partial charge in [0.15, 0.2) is 0 Å². The molecule has 160 valence electrons. The molecule has 0 radical (unpaired) electrons. The predicted octanol–water partition coefficient (Wildman–Crippen LogP) is 2.24. The minimum Gasteiger partial charge on any atom is -0.490 e. The summed E-state index contributed by atoms with van der Waals surface area (Å²) in [5.41, 5.74) is 11.3. The van der Waals surface area contributed by atoms with Crippen molar-refractivity contribution in [2.75, 3.05) is 13.2 Å². The second-order valence-electron chi connectivity index (χ2n) is 6.17. The summed E-state index contributed by atoms with van der Waals surface area (Å²) in [6.07, 6.45) is 3.61. The average molecular weight is 416 g/mol. The molecule has 0 fully saturated rings. The standard InChI is InChI=1S/C20H24N4O6/c21-19(25)23(27)13-15-3-7-17(8-4-15)29-11-1-2-12-30-18-9-5-16(6-10-18)14-24(28)20(22)26/h1-10,27-28H,11-14H2,(H2,21,25)(H2,22,26)/b2-1-. The van der Waals surface area contributed by atoms with Crippen LogP contribution in [0.5, 0.6) is 11.5 Å². The number of ether oxygens (including phenoxy) is 2. The van der Waals surface area contributed by atoms with E-state index < -0.39 is 12.1 Å². The first-order valence-corrected chi connectivity index (χ1v) is 8.95. The van der Waals surface area contributed by atoms with Crippen LogP contribution < -0.4 is 20.9 Å². The quantitative estimate of drug-likeness (QED) is 0.265. The van der Waals surface area contributed by atoms with E-state index in [1.165, 1.54) is 0 Å². The summed E-state index contributed by atoms with van der Waals surface area (Å²) in [5.74, 6) is 1.27. The maximum absolute atomic E-state index is 10.8. The summed E-state index contributed by atoms with van der Waals surface area (Å²) in [4.78, 5) is 21.6. The molecule has 2 aromatic rings. The number of carbonyl (C=O) groups is 2. The minimum atomic E-state index is -0.918. The fourth-order valence-corrected chi connectivity index (χ4v) is 2.31. The van der Waals surface area contributed by atoms with Crippen molar-refractivity contribution < 1.29 is 29.5 Å². The first-order chi connectivity index (χ1) is 14.3. The average Bonchev–Trinajstić information content (AvgIpc) is 2.72. The highest BCUT2D eigenvalue weighted by Gasteiger charge is 2.07. The Morgan fingerprint density at radius 2 is 1.07 bits per heavy atom. The van der Waals surface area contributed by atoms with Crippen LogP contribution in [0, 0.1) is 0 Å². The number of amides is 4. The molecule has 10 nitrogen and oxygen atoms in total. The Labute approximate surface area is 173 Å². The number of urea groups is 2. The molecule has 0 atom stereocenters. The third kappa shape index (κ3) is 7.70. The van der Waals surface area contributed by atoms with Gasteiger partial charge in [0.25, 0.3) is 0 Å². The molecule has 0 aliphatic heterocycles. The van der Waals surface area contributed by atoms with Crippen LogP contribution in [0.2, 0.25) is 0 Å². The molecule has 2 rings (SSSR count). The molecule has 0 aromatic heterocycles. The number of nitrogens with two attached hydrogens (primary N) is 2.